The molecule has 0 saturated carbocycles. The number of nitrogens with one attached hydrogen (secondary N) is 1. The minimum atomic E-state index is -3.92. The lowest BCUT2D eigenvalue weighted by molar-refractivity contribution is -0.142. The second-order valence-corrected chi connectivity index (χ2v) is 10.2. The summed E-state index contributed by atoms with van der Waals surface area (Å²) in [7, 11) is -1.35. The predicted octanol–water partition coefficient (Wildman–Crippen LogP) is 2.74. The minimum absolute atomic E-state index is 0.0680. The average molecular weight is 540 g/mol. The average Bonchev–Trinajstić information content (AvgIpc) is 2.94. The van der Waals surface area contributed by atoms with Crippen molar-refractivity contribution in [3.8, 4) is 5.75 Å². The molecule has 0 aromatic heterocycles. The Hall–Kier alpha value is -4.22. The fourth-order valence-electron chi connectivity index (χ4n) is 3.51. The molecule has 3 aromatic rings. The first-order chi connectivity index (χ1) is 18.1. The van der Waals surface area contributed by atoms with E-state index >= 15 is 0 Å². The van der Waals surface area contributed by atoms with Gasteiger partial charge in [-0.15, -0.1) is 0 Å². The van der Waals surface area contributed by atoms with Gasteiger partial charge in [0.2, 0.25) is 10.0 Å². The van der Waals surface area contributed by atoms with Crippen molar-refractivity contribution in [2.24, 2.45) is 5.73 Å². The Balaban J connectivity index is 1.81. The number of rotatable bonds is 12. The van der Waals surface area contributed by atoms with E-state index in [0.29, 0.717) is 28.9 Å². The molecule has 0 bridgehead atoms. The van der Waals surface area contributed by atoms with E-state index in [0.717, 1.165) is 5.56 Å². The lowest BCUT2D eigenvalue weighted by atomic mass is 10.1. The van der Waals surface area contributed by atoms with Crippen molar-refractivity contribution in [2.75, 3.05) is 27.4 Å². The Bertz CT molecular complexity index is 1370. The third-order valence-electron chi connectivity index (χ3n) is 5.69. The van der Waals surface area contributed by atoms with Gasteiger partial charge < -0.3 is 19.9 Å². The number of carbonyl (C=O) groups excluding carboxylic acids is 2. The van der Waals surface area contributed by atoms with Crippen LogP contribution in [0.4, 0.5) is 0 Å². The van der Waals surface area contributed by atoms with Crippen LogP contribution >= 0.6 is 0 Å². The topological polar surface area (TPSA) is 149 Å². The Morgan fingerprint density at radius 3 is 1.97 bits per heavy atom. The number of nitrogens with zero attached hydrogens (tertiary/aromatic N) is 1. The molecule has 0 saturated heterocycles. The Morgan fingerprint density at radius 2 is 1.42 bits per heavy atom. The molecule has 0 fully saturated rings. The van der Waals surface area contributed by atoms with Gasteiger partial charge in [-0.25, -0.2) is 18.0 Å². The highest BCUT2D eigenvalue weighted by Crippen LogP contribution is 2.21. The first-order valence-corrected chi connectivity index (χ1v) is 13.0. The predicted molar refractivity (Wildman–Crippen MR) is 140 cm³/mol. The van der Waals surface area contributed by atoms with Gasteiger partial charge in [-0.2, -0.15) is 4.31 Å². The van der Waals surface area contributed by atoms with Crippen molar-refractivity contribution >= 4 is 27.8 Å². The van der Waals surface area contributed by atoms with E-state index in [-0.39, 0.29) is 30.4 Å². The molecule has 11 heteroatoms. The molecule has 3 N–H and O–H groups in total. The smallest absolute Gasteiger partial charge is 0.343 e. The number of ether oxygens (including phenoxy) is 3. The van der Waals surface area contributed by atoms with Crippen LogP contribution in [0.25, 0.3) is 0 Å². The highest BCUT2D eigenvalue weighted by molar-refractivity contribution is 7.89. The van der Waals surface area contributed by atoms with E-state index in [4.69, 9.17) is 20.6 Å². The van der Waals surface area contributed by atoms with Gasteiger partial charge in [0, 0.05) is 18.7 Å². The summed E-state index contributed by atoms with van der Waals surface area (Å²) in [5.41, 5.74) is 7.83. The standard InChI is InChI=1S/C27H29N3O7S/c1-35-25(31)18-37-23-11-5-19(6-12-23)15-16-30(17-20-3-7-22(8-4-20)27(32)36-2)38(33,34)24-13-9-21(10-14-24)26(28)29/h3-14H,15-18H2,1-2H3,(H3,28,29). The van der Waals surface area contributed by atoms with Crippen LogP contribution in [0.15, 0.2) is 77.7 Å². The van der Waals surface area contributed by atoms with Crippen LogP contribution in [-0.4, -0.2) is 57.9 Å². The summed E-state index contributed by atoms with van der Waals surface area (Å²) in [6, 6.07) is 19.3. The first-order valence-electron chi connectivity index (χ1n) is 11.5. The third kappa shape index (κ3) is 7.40. The van der Waals surface area contributed by atoms with Crippen LogP contribution in [0, 0.1) is 5.41 Å². The second-order valence-electron chi connectivity index (χ2n) is 8.22. The molecule has 38 heavy (non-hydrogen) atoms. The largest absolute Gasteiger partial charge is 0.482 e. The van der Waals surface area contributed by atoms with Crippen LogP contribution < -0.4 is 10.5 Å². The molecular formula is C27H29N3O7S. The Kier molecular flexibility index (Phi) is 9.58. The number of benzene rings is 3. The monoisotopic (exact) mass is 539 g/mol. The molecule has 0 spiro atoms. The molecule has 0 aliphatic heterocycles. The van der Waals surface area contributed by atoms with Gasteiger partial charge in [0.15, 0.2) is 6.61 Å². The second kappa shape index (κ2) is 12.8. The molecule has 200 valence electrons. The Labute approximate surface area is 221 Å². The molecule has 0 radical (unpaired) electrons. The molecular weight excluding hydrogens is 510 g/mol. The number of carbonyl (C=O) groups is 2. The van der Waals surface area contributed by atoms with Crippen molar-refractivity contribution < 1.29 is 32.2 Å². The normalized spacial score (nSPS) is 11.1. The highest BCUT2D eigenvalue weighted by atomic mass is 32.2. The van der Waals surface area contributed by atoms with Crippen LogP contribution in [0.3, 0.4) is 0 Å². The van der Waals surface area contributed by atoms with Gasteiger partial charge in [-0.05, 0) is 66.1 Å². The maximum Gasteiger partial charge on any atom is 0.343 e. The quantitative estimate of drug-likeness (QED) is 0.203. The molecule has 3 aromatic carbocycles. The van der Waals surface area contributed by atoms with E-state index in [1.54, 1.807) is 48.5 Å². The maximum absolute atomic E-state index is 13.6. The summed E-state index contributed by atoms with van der Waals surface area (Å²) in [4.78, 5) is 23.1. The molecule has 0 unspecified atom stereocenters. The summed E-state index contributed by atoms with van der Waals surface area (Å²) in [6.07, 6.45) is 0.405. The zero-order valence-electron chi connectivity index (χ0n) is 21.0. The van der Waals surface area contributed by atoms with Gasteiger partial charge in [0.05, 0.1) is 24.7 Å². The number of sulfonamides is 1. The fraction of sp³-hybridized carbons (Fsp3) is 0.222. The zero-order valence-corrected chi connectivity index (χ0v) is 21.9. The van der Waals surface area contributed by atoms with Crippen molar-refractivity contribution in [1.29, 1.82) is 5.41 Å². The lowest BCUT2D eigenvalue weighted by Crippen LogP contribution is -2.32. The van der Waals surface area contributed by atoms with Crippen molar-refractivity contribution in [1.82, 2.24) is 4.31 Å². The lowest BCUT2D eigenvalue weighted by Gasteiger charge is -2.23. The minimum Gasteiger partial charge on any atom is -0.482 e. The number of nitrogens with two attached hydrogens (primary N) is 1. The SMILES string of the molecule is COC(=O)COc1ccc(CCN(Cc2ccc(C(=O)OC)cc2)S(=O)(=O)c2ccc(C(=N)N)cc2)cc1. The summed E-state index contributed by atoms with van der Waals surface area (Å²) in [5, 5.41) is 7.54. The molecule has 10 nitrogen and oxygen atoms in total. The maximum atomic E-state index is 13.6. The van der Waals surface area contributed by atoms with Gasteiger partial charge in [-0.3, -0.25) is 5.41 Å². The van der Waals surface area contributed by atoms with Crippen LogP contribution in [0.2, 0.25) is 0 Å². The fourth-order valence-corrected chi connectivity index (χ4v) is 4.94. The van der Waals surface area contributed by atoms with E-state index < -0.39 is 22.0 Å². The number of methoxy groups -OCH3 is 2. The number of nitrogen functional groups attached to an aromatic ring is 1. The number of hydrogen-bond acceptors (Lipinski definition) is 8. The molecule has 0 amide bonds. The zero-order chi connectivity index (χ0) is 27.7. The van der Waals surface area contributed by atoms with Crippen molar-refractivity contribution in [3.05, 3.63) is 95.1 Å². The van der Waals surface area contributed by atoms with Gasteiger partial charge >= 0.3 is 11.9 Å². The van der Waals surface area contributed by atoms with Gasteiger partial charge in [0.25, 0.3) is 0 Å². The van der Waals surface area contributed by atoms with Crippen molar-refractivity contribution in [3.63, 3.8) is 0 Å². The number of hydrogen-bond donors (Lipinski definition) is 2. The highest BCUT2D eigenvalue weighted by Gasteiger charge is 2.25. The van der Waals surface area contributed by atoms with Crippen LogP contribution in [0.5, 0.6) is 5.75 Å². The summed E-state index contributed by atoms with van der Waals surface area (Å²) < 4.78 is 43.2. The van der Waals surface area contributed by atoms with Crippen molar-refractivity contribution in [2.45, 2.75) is 17.9 Å². The third-order valence-corrected chi connectivity index (χ3v) is 7.55. The molecule has 0 heterocycles. The Morgan fingerprint density at radius 1 is 0.842 bits per heavy atom. The van der Waals surface area contributed by atoms with Crippen LogP contribution in [-0.2, 0) is 37.3 Å². The molecule has 0 aliphatic rings. The van der Waals surface area contributed by atoms with E-state index in [9.17, 15) is 18.0 Å². The summed E-state index contributed by atoms with van der Waals surface area (Å²) >= 11 is 0. The number of esters is 2. The molecule has 0 atom stereocenters. The van der Waals surface area contributed by atoms with E-state index in [2.05, 4.69) is 4.74 Å². The molecule has 3 rings (SSSR count). The van der Waals surface area contributed by atoms with Gasteiger partial charge in [0.1, 0.15) is 11.6 Å². The summed E-state index contributed by atoms with van der Waals surface area (Å²) in [5.74, 6) is -0.646. The van der Waals surface area contributed by atoms with E-state index in [1.807, 2.05) is 0 Å². The number of amidine groups is 1. The van der Waals surface area contributed by atoms with Crippen LogP contribution in [0.1, 0.15) is 27.0 Å². The van der Waals surface area contributed by atoms with Gasteiger partial charge in [-0.1, -0.05) is 24.3 Å². The summed E-state index contributed by atoms with van der Waals surface area (Å²) in [6.45, 7) is 0.0233. The molecule has 0 aliphatic carbocycles. The van der Waals surface area contributed by atoms with E-state index in [1.165, 1.54) is 42.8 Å². The first kappa shape index (κ1) is 28.4.